The summed E-state index contributed by atoms with van der Waals surface area (Å²) in [6, 6.07) is 0. The van der Waals surface area contributed by atoms with Crippen LogP contribution in [0.3, 0.4) is 0 Å². The number of halogens is 3. The second kappa shape index (κ2) is 8.70. The van der Waals surface area contributed by atoms with E-state index in [1.807, 2.05) is 0 Å². The maximum atomic E-state index is 12.9. The largest absolute Gasteiger partial charge is 0.416 e. The van der Waals surface area contributed by atoms with Crippen molar-refractivity contribution in [3.05, 3.63) is 0 Å². The first kappa shape index (κ1) is 26.2. The SMILES string of the molecule is CC(CCCC(C)(O)C(F)(F)F)[C@H]1CC[C@H]2[C@@H](O[Si](C)(C)C(C)(C)C)CCC[C@]12C. The molecule has 2 unspecified atom stereocenters. The van der Waals surface area contributed by atoms with E-state index in [0.717, 1.165) is 26.2 Å². The molecule has 0 amide bonds. The Labute approximate surface area is 183 Å². The number of hydrogen-bond donors (Lipinski definition) is 1. The molecule has 0 aromatic carbocycles. The van der Waals surface area contributed by atoms with Gasteiger partial charge >= 0.3 is 6.18 Å². The molecule has 2 saturated carbocycles. The predicted octanol–water partition coefficient (Wildman–Crippen LogP) is 7.71. The van der Waals surface area contributed by atoms with Crippen LogP contribution >= 0.6 is 0 Å². The zero-order chi connectivity index (χ0) is 23.2. The van der Waals surface area contributed by atoms with Gasteiger partial charge in [0.05, 0.1) is 0 Å². The molecule has 0 saturated heterocycles. The second-order valence-electron chi connectivity index (χ2n) is 12.2. The topological polar surface area (TPSA) is 29.5 Å². The van der Waals surface area contributed by atoms with E-state index in [9.17, 15) is 18.3 Å². The van der Waals surface area contributed by atoms with Crippen molar-refractivity contribution in [2.24, 2.45) is 23.2 Å². The van der Waals surface area contributed by atoms with Gasteiger partial charge in [0, 0.05) is 6.10 Å². The molecule has 0 aromatic rings. The first-order chi connectivity index (χ1) is 13.4. The van der Waals surface area contributed by atoms with Gasteiger partial charge in [0.25, 0.3) is 0 Å². The third-order valence-electron chi connectivity index (χ3n) is 9.01. The van der Waals surface area contributed by atoms with Crippen molar-refractivity contribution >= 4 is 8.32 Å². The Morgan fingerprint density at radius 1 is 1.10 bits per heavy atom. The van der Waals surface area contributed by atoms with Crippen molar-refractivity contribution in [3.8, 4) is 0 Å². The lowest BCUT2D eigenvalue weighted by Gasteiger charge is -2.50. The molecule has 30 heavy (non-hydrogen) atoms. The van der Waals surface area contributed by atoms with Crippen molar-refractivity contribution in [3.63, 3.8) is 0 Å². The maximum Gasteiger partial charge on any atom is 0.416 e. The predicted molar refractivity (Wildman–Crippen MR) is 120 cm³/mol. The molecular weight excluding hydrogens is 405 g/mol. The average molecular weight is 451 g/mol. The Morgan fingerprint density at radius 3 is 2.23 bits per heavy atom. The minimum Gasteiger partial charge on any atom is -0.414 e. The monoisotopic (exact) mass is 450 g/mol. The van der Waals surface area contributed by atoms with Crippen molar-refractivity contribution in [1.82, 2.24) is 0 Å². The normalized spacial score (nSPS) is 33.8. The molecule has 0 aliphatic heterocycles. The fraction of sp³-hybridized carbons (Fsp3) is 1.00. The van der Waals surface area contributed by atoms with Gasteiger partial charge in [-0.15, -0.1) is 0 Å². The van der Waals surface area contributed by atoms with E-state index >= 15 is 0 Å². The van der Waals surface area contributed by atoms with Gasteiger partial charge in [-0.2, -0.15) is 13.2 Å². The second-order valence-corrected chi connectivity index (χ2v) is 17.0. The fourth-order valence-corrected chi connectivity index (χ4v) is 7.29. The Balaban J connectivity index is 2.02. The quantitative estimate of drug-likeness (QED) is 0.402. The summed E-state index contributed by atoms with van der Waals surface area (Å²) in [5.74, 6) is 1.46. The molecule has 2 rings (SSSR count). The standard InChI is InChI=1S/C24H45F3O2Si/c1-17(11-9-16-23(6,28)24(25,26)27)18-13-14-19-20(12-10-15-22(18,19)5)29-30(7,8)21(2,3)4/h17-20,28H,9-16H2,1-8H3/t17?,18-,19+,20+,22-,23?/m1/s1. The van der Waals surface area contributed by atoms with Gasteiger partial charge < -0.3 is 9.53 Å². The summed E-state index contributed by atoms with van der Waals surface area (Å²) in [4.78, 5) is 0. The summed E-state index contributed by atoms with van der Waals surface area (Å²) in [7, 11) is -1.83. The van der Waals surface area contributed by atoms with Crippen LogP contribution in [0, 0.1) is 23.2 Å². The first-order valence-electron chi connectivity index (χ1n) is 11.9. The van der Waals surface area contributed by atoms with Crippen LogP contribution in [0.4, 0.5) is 13.2 Å². The van der Waals surface area contributed by atoms with E-state index in [4.69, 9.17) is 4.43 Å². The Bertz CT molecular complexity index is 582. The van der Waals surface area contributed by atoms with Gasteiger partial charge in [0.15, 0.2) is 13.9 Å². The highest BCUT2D eigenvalue weighted by Gasteiger charge is 2.54. The lowest BCUT2D eigenvalue weighted by Crippen LogP contribution is -2.50. The summed E-state index contributed by atoms with van der Waals surface area (Å²) in [6.45, 7) is 17.1. The van der Waals surface area contributed by atoms with E-state index in [1.54, 1.807) is 0 Å². The molecular formula is C24H45F3O2Si. The zero-order valence-corrected chi connectivity index (χ0v) is 21.5. The molecule has 0 heterocycles. The summed E-state index contributed by atoms with van der Waals surface area (Å²) >= 11 is 0. The summed E-state index contributed by atoms with van der Waals surface area (Å²) in [5.41, 5.74) is -2.36. The van der Waals surface area contributed by atoms with Crippen molar-refractivity contribution < 1.29 is 22.7 Å². The van der Waals surface area contributed by atoms with Gasteiger partial charge in [-0.3, -0.25) is 0 Å². The molecule has 2 aliphatic carbocycles. The molecule has 6 atom stereocenters. The Hall–Kier alpha value is -0.0731. The third-order valence-corrected chi connectivity index (χ3v) is 13.5. The zero-order valence-electron chi connectivity index (χ0n) is 20.5. The van der Waals surface area contributed by atoms with Crippen molar-refractivity contribution in [2.75, 3.05) is 0 Å². The highest BCUT2D eigenvalue weighted by atomic mass is 28.4. The van der Waals surface area contributed by atoms with Crippen molar-refractivity contribution in [1.29, 1.82) is 0 Å². The molecule has 0 bridgehead atoms. The number of fused-ring (bicyclic) bond motifs is 1. The van der Waals surface area contributed by atoms with Crippen LogP contribution in [0.25, 0.3) is 0 Å². The maximum absolute atomic E-state index is 12.9. The highest BCUT2D eigenvalue weighted by Crippen LogP contribution is 2.59. The summed E-state index contributed by atoms with van der Waals surface area (Å²) < 4.78 is 45.7. The molecule has 0 spiro atoms. The van der Waals surface area contributed by atoms with E-state index < -0.39 is 20.1 Å². The van der Waals surface area contributed by atoms with Gasteiger partial charge in [0.2, 0.25) is 0 Å². The molecule has 2 fully saturated rings. The third kappa shape index (κ3) is 5.28. The van der Waals surface area contributed by atoms with Gasteiger partial charge in [0.1, 0.15) is 0 Å². The van der Waals surface area contributed by atoms with Crippen LogP contribution in [0.2, 0.25) is 18.1 Å². The average Bonchev–Trinajstić information content (AvgIpc) is 2.90. The number of rotatable bonds is 7. The molecule has 1 N–H and O–H groups in total. The Morgan fingerprint density at radius 2 is 1.70 bits per heavy atom. The van der Waals surface area contributed by atoms with Crippen LogP contribution in [0.5, 0.6) is 0 Å². The Kier molecular flexibility index (Phi) is 7.59. The van der Waals surface area contributed by atoms with Crippen LogP contribution in [-0.4, -0.2) is 31.3 Å². The first-order valence-corrected chi connectivity index (χ1v) is 14.8. The minimum absolute atomic E-state index is 0.196. The number of hydrogen-bond acceptors (Lipinski definition) is 2. The van der Waals surface area contributed by atoms with Crippen LogP contribution in [-0.2, 0) is 4.43 Å². The number of alkyl halides is 3. The lowest BCUT2D eigenvalue weighted by molar-refractivity contribution is -0.255. The molecule has 0 radical (unpaired) electrons. The van der Waals surface area contributed by atoms with Crippen LogP contribution in [0.15, 0.2) is 0 Å². The van der Waals surface area contributed by atoms with E-state index in [2.05, 4.69) is 47.7 Å². The van der Waals surface area contributed by atoms with Crippen molar-refractivity contribution in [2.45, 2.75) is 129 Å². The summed E-state index contributed by atoms with van der Waals surface area (Å²) in [5, 5.41) is 9.93. The summed E-state index contributed by atoms with van der Waals surface area (Å²) in [6.07, 6.45) is 2.55. The number of aliphatic hydroxyl groups is 1. The molecule has 178 valence electrons. The highest BCUT2D eigenvalue weighted by molar-refractivity contribution is 6.74. The smallest absolute Gasteiger partial charge is 0.414 e. The molecule has 6 heteroatoms. The molecule has 2 aliphatic rings. The van der Waals surface area contributed by atoms with Gasteiger partial charge in [-0.25, -0.2) is 0 Å². The van der Waals surface area contributed by atoms with Gasteiger partial charge in [-0.1, -0.05) is 47.5 Å². The van der Waals surface area contributed by atoms with E-state index in [0.29, 0.717) is 30.3 Å². The lowest BCUT2D eigenvalue weighted by atomic mass is 9.61. The van der Waals surface area contributed by atoms with Crippen LogP contribution in [0.1, 0.15) is 92.9 Å². The molecule has 2 nitrogen and oxygen atoms in total. The van der Waals surface area contributed by atoms with Gasteiger partial charge in [-0.05, 0) is 86.7 Å². The van der Waals surface area contributed by atoms with E-state index in [1.165, 1.54) is 19.3 Å². The minimum atomic E-state index is -4.56. The van der Waals surface area contributed by atoms with E-state index in [-0.39, 0.29) is 16.9 Å². The fourth-order valence-electron chi connectivity index (χ4n) is 5.90. The van der Waals surface area contributed by atoms with Crippen LogP contribution < -0.4 is 0 Å². The molecule has 0 aromatic heterocycles.